The van der Waals surface area contributed by atoms with E-state index in [-0.39, 0.29) is 35.3 Å². The summed E-state index contributed by atoms with van der Waals surface area (Å²) in [5, 5.41) is 11.2. The largest absolute Gasteiger partial charge is 1.00 e. The standard InChI is InChI=1S/C13H10O.Na/c14-11-5-6-13-10(8-11)7-9-3-1-2-4-12(9)13;/h1-6,8,14H,7H2;/q;+1/p-1. The van der Waals surface area contributed by atoms with E-state index in [0.29, 0.717) is 0 Å². The molecule has 2 heteroatoms. The van der Waals surface area contributed by atoms with Crippen LogP contribution in [-0.2, 0) is 6.42 Å². The first-order chi connectivity index (χ1) is 6.84. The first kappa shape index (κ1) is 10.7. The molecule has 0 fully saturated rings. The Kier molecular flexibility index (Phi) is 2.87. The number of rotatable bonds is 0. The van der Waals surface area contributed by atoms with Crippen LogP contribution in [0.1, 0.15) is 11.1 Å². The van der Waals surface area contributed by atoms with Crippen LogP contribution >= 0.6 is 0 Å². The Morgan fingerprint density at radius 1 is 0.867 bits per heavy atom. The van der Waals surface area contributed by atoms with Gasteiger partial charge in [0.2, 0.25) is 0 Å². The molecule has 0 aromatic heterocycles. The summed E-state index contributed by atoms with van der Waals surface area (Å²) in [5.74, 6) is 0.108. The summed E-state index contributed by atoms with van der Waals surface area (Å²) in [5.41, 5.74) is 4.99. The molecule has 2 aromatic carbocycles. The maximum atomic E-state index is 11.2. The molecule has 0 aliphatic heterocycles. The van der Waals surface area contributed by atoms with E-state index in [4.69, 9.17) is 0 Å². The van der Waals surface area contributed by atoms with Crippen molar-refractivity contribution in [2.75, 3.05) is 0 Å². The molecule has 0 amide bonds. The zero-order valence-electron chi connectivity index (χ0n) is 8.66. The van der Waals surface area contributed by atoms with Crippen LogP contribution in [0.15, 0.2) is 42.5 Å². The molecule has 0 N–H and O–H groups in total. The Balaban J connectivity index is 0.000000853. The van der Waals surface area contributed by atoms with Gasteiger partial charge in [-0.25, -0.2) is 0 Å². The van der Waals surface area contributed by atoms with Gasteiger partial charge in [-0.15, -0.1) is 5.75 Å². The SMILES string of the molecule is [Na+].[O-]c1ccc2c(c1)Cc1ccccc1-2. The predicted molar refractivity (Wildman–Crippen MR) is 54.1 cm³/mol. The van der Waals surface area contributed by atoms with E-state index < -0.39 is 0 Å². The molecule has 0 saturated carbocycles. The van der Waals surface area contributed by atoms with Gasteiger partial charge in [0.05, 0.1) is 0 Å². The molecule has 3 rings (SSSR count). The van der Waals surface area contributed by atoms with E-state index in [1.807, 2.05) is 18.2 Å². The van der Waals surface area contributed by atoms with Gasteiger partial charge >= 0.3 is 29.6 Å². The Morgan fingerprint density at radius 2 is 1.60 bits per heavy atom. The molecule has 0 atom stereocenters. The van der Waals surface area contributed by atoms with Gasteiger partial charge < -0.3 is 5.11 Å². The second-order valence-corrected chi connectivity index (χ2v) is 3.65. The van der Waals surface area contributed by atoms with Crippen molar-refractivity contribution in [2.24, 2.45) is 0 Å². The fraction of sp³-hybridized carbons (Fsp3) is 0.0769. The Labute approximate surface area is 111 Å². The molecule has 0 bridgehead atoms. The van der Waals surface area contributed by atoms with Crippen molar-refractivity contribution < 1.29 is 34.7 Å². The smallest absolute Gasteiger partial charge is 0.872 e. The zero-order chi connectivity index (χ0) is 9.54. The number of hydrogen-bond donors (Lipinski definition) is 0. The molecule has 1 aliphatic carbocycles. The van der Waals surface area contributed by atoms with Crippen LogP contribution in [0.2, 0.25) is 0 Å². The molecule has 0 unspecified atom stereocenters. The monoisotopic (exact) mass is 204 g/mol. The van der Waals surface area contributed by atoms with E-state index in [0.717, 1.165) is 6.42 Å². The van der Waals surface area contributed by atoms with Gasteiger partial charge in [0.25, 0.3) is 0 Å². The van der Waals surface area contributed by atoms with Gasteiger partial charge in [-0.2, -0.15) is 0 Å². The normalized spacial score (nSPS) is 11.5. The van der Waals surface area contributed by atoms with E-state index in [9.17, 15) is 5.11 Å². The quantitative estimate of drug-likeness (QED) is 0.446. The first-order valence-corrected chi connectivity index (χ1v) is 4.73. The molecule has 2 aromatic rings. The summed E-state index contributed by atoms with van der Waals surface area (Å²) in [6.45, 7) is 0. The van der Waals surface area contributed by atoms with Crippen molar-refractivity contribution >= 4 is 0 Å². The molecular formula is C13H9NaO. The van der Waals surface area contributed by atoms with Crippen LogP contribution in [0.25, 0.3) is 11.1 Å². The third kappa shape index (κ3) is 1.71. The first-order valence-electron chi connectivity index (χ1n) is 4.73. The second kappa shape index (κ2) is 4.01. The maximum absolute atomic E-state index is 11.2. The molecule has 0 spiro atoms. The van der Waals surface area contributed by atoms with Crippen LogP contribution in [-0.4, -0.2) is 0 Å². The fourth-order valence-corrected chi connectivity index (χ4v) is 2.12. The molecule has 68 valence electrons. The topological polar surface area (TPSA) is 23.1 Å². The third-order valence-electron chi connectivity index (χ3n) is 2.77. The second-order valence-electron chi connectivity index (χ2n) is 3.65. The summed E-state index contributed by atoms with van der Waals surface area (Å²) in [4.78, 5) is 0. The summed E-state index contributed by atoms with van der Waals surface area (Å²) in [7, 11) is 0. The van der Waals surface area contributed by atoms with Gasteiger partial charge in [-0.1, -0.05) is 42.5 Å². The minimum Gasteiger partial charge on any atom is -0.872 e. The Hall–Kier alpha value is -0.760. The van der Waals surface area contributed by atoms with Crippen molar-refractivity contribution in [2.45, 2.75) is 6.42 Å². The van der Waals surface area contributed by atoms with E-state index in [1.54, 1.807) is 12.1 Å². The summed E-state index contributed by atoms with van der Waals surface area (Å²) < 4.78 is 0. The Morgan fingerprint density at radius 3 is 2.47 bits per heavy atom. The average molecular weight is 204 g/mol. The summed E-state index contributed by atoms with van der Waals surface area (Å²) in [6.07, 6.45) is 0.904. The molecular weight excluding hydrogens is 195 g/mol. The van der Waals surface area contributed by atoms with Gasteiger partial charge in [0, 0.05) is 0 Å². The van der Waals surface area contributed by atoms with Crippen molar-refractivity contribution in [3.8, 4) is 16.9 Å². The molecule has 1 nitrogen and oxygen atoms in total. The van der Waals surface area contributed by atoms with Crippen LogP contribution in [0, 0.1) is 0 Å². The van der Waals surface area contributed by atoms with Crippen LogP contribution in [0.4, 0.5) is 0 Å². The molecule has 0 saturated heterocycles. The zero-order valence-corrected chi connectivity index (χ0v) is 10.7. The third-order valence-corrected chi connectivity index (χ3v) is 2.77. The van der Waals surface area contributed by atoms with Gasteiger partial charge in [-0.05, 0) is 28.7 Å². The molecule has 0 heterocycles. The molecule has 0 radical (unpaired) electrons. The van der Waals surface area contributed by atoms with Crippen LogP contribution in [0.3, 0.4) is 0 Å². The molecule has 15 heavy (non-hydrogen) atoms. The average Bonchev–Trinajstić information content (AvgIpc) is 2.54. The van der Waals surface area contributed by atoms with Crippen molar-refractivity contribution in [1.82, 2.24) is 0 Å². The van der Waals surface area contributed by atoms with Crippen molar-refractivity contribution in [3.05, 3.63) is 53.6 Å². The number of benzene rings is 2. The minimum atomic E-state index is 0. The van der Waals surface area contributed by atoms with Crippen LogP contribution in [0.5, 0.6) is 5.75 Å². The summed E-state index contributed by atoms with van der Waals surface area (Å²) in [6, 6.07) is 13.6. The number of fused-ring (bicyclic) bond motifs is 3. The van der Waals surface area contributed by atoms with E-state index in [1.165, 1.54) is 22.3 Å². The predicted octanol–water partition coefficient (Wildman–Crippen LogP) is -0.665. The molecule has 1 aliphatic rings. The van der Waals surface area contributed by atoms with Gasteiger partial charge in [0.15, 0.2) is 0 Å². The Bertz CT molecular complexity index is 506. The van der Waals surface area contributed by atoms with Crippen LogP contribution < -0.4 is 34.7 Å². The van der Waals surface area contributed by atoms with Gasteiger partial charge in [0.1, 0.15) is 0 Å². The minimum absolute atomic E-state index is 0. The maximum Gasteiger partial charge on any atom is 1.00 e. The van der Waals surface area contributed by atoms with E-state index in [2.05, 4.69) is 12.1 Å². The summed E-state index contributed by atoms with van der Waals surface area (Å²) >= 11 is 0. The van der Waals surface area contributed by atoms with Crippen molar-refractivity contribution in [1.29, 1.82) is 0 Å². The van der Waals surface area contributed by atoms with E-state index >= 15 is 0 Å². The fourth-order valence-electron chi connectivity index (χ4n) is 2.12. The number of hydrogen-bond acceptors (Lipinski definition) is 1. The van der Waals surface area contributed by atoms with Crippen molar-refractivity contribution in [3.63, 3.8) is 0 Å². The van der Waals surface area contributed by atoms with Gasteiger partial charge in [-0.3, -0.25) is 0 Å².